The Morgan fingerprint density at radius 1 is 1.19 bits per heavy atom. The van der Waals surface area contributed by atoms with Gasteiger partial charge in [-0.3, -0.25) is 19.7 Å². The molecule has 0 aromatic heterocycles. The molecular formula is C17H21N3O6. The minimum absolute atomic E-state index is 0.103. The van der Waals surface area contributed by atoms with Gasteiger partial charge in [0.2, 0.25) is 0 Å². The van der Waals surface area contributed by atoms with E-state index in [1.807, 2.05) is 0 Å². The van der Waals surface area contributed by atoms with Crippen molar-refractivity contribution in [2.24, 2.45) is 0 Å². The van der Waals surface area contributed by atoms with Gasteiger partial charge in [0.1, 0.15) is 12.3 Å². The molecule has 0 saturated heterocycles. The first-order chi connectivity index (χ1) is 12.4. The Kier molecular flexibility index (Phi) is 6.54. The number of hydrogen-bond donors (Lipinski definition) is 3. The Hall–Kier alpha value is -3.10. The number of carbonyl (C=O) groups excluding carboxylic acids is 4. The highest BCUT2D eigenvalue weighted by Crippen LogP contribution is 2.18. The van der Waals surface area contributed by atoms with Gasteiger partial charge in [0.05, 0.1) is 12.7 Å². The number of esters is 1. The van der Waals surface area contributed by atoms with Crippen molar-refractivity contribution in [3.8, 4) is 5.75 Å². The number of nitrogens with one attached hydrogen (secondary N) is 3. The van der Waals surface area contributed by atoms with E-state index in [-0.39, 0.29) is 11.6 Å². The normalized spacial score (nSPS) is 13.9. The minimum atomic E-state index is -1.17. The van der Waals surface area contributed by atoms with Crippen LogP contribution in [-0.4, -0.2) is 49.6 Å². The standard InChI is InChI=1S/C17H21N3O6/c1-10(15(22)20-17(24)19-11-7-8-11)26-14(21)9-18-16(23)12-5-3-4-6-13(12)25-2/h3-6,10-11H,7-9H2,1-2H3,(H,18,23)(H2,19,20,22,24). The number of carbonyl (C=O) groups is 4. The summed E-state index contributed by atoms with van der Waals surface area (Å²) in [6, 6.07) is 6.02. The van der Waals surface area contributed by atoms with E-state index in [1.54, 1.807) is 24.3 Å². The fourth-order valence-corrected chi connectivity index (χ4v) is 2.03. The molecule has 2 rings (SSSR count). The van der Waals surface area contributed by atoms with Gasteiger partial charge >= 0.3 is 12.0 Å². The van der Waals surface area contributed by atoms with E-state index in [9.17, 15) is 19.2 Å². The van der Waals surface area contributed by atoms with Gasteiger partial charge in [-0.1, -0.05) is 12.1 Å². The summed E-state index contributed by atoms with van der Waals surface area (Å²) >= 11 is 0. The van der Waals surface area contributed by atoms with Gasteiger partial charge in [-0.25, -0.2) is 4.79 Å². The number of imide groups is 1. The van der Waals surface area contributed by atoms with Crippen LogP contribution in [0.25, 0.3) is 0 Å². The van der Waals surface area contributed by atoms with Gasteiger partial charge in [-0.05, 0) is 31.9 Å². The molecular weight excluding hydrogens is 342 g/mol. The van der Waals surface area contributed by atoms with E-state index in [1.165, 1.54) is 14.0 Å². The SMILES string of the molecule is COc1ccccc1C(=O)NCC(=O)OC(C)C(=O)NC(=O)NC1CC1. The first kappa shape index (κ1) is 19.2. The number of ether oxygens (including phenoxy) is 2. The van der Waals surface area contributed by atoms with Crippen LogP contribution >= 0.6 is 0 Å². The lowest BCUT2D eigenvalue weighted by Gasteiger charge is -2.14. The van der Waals surface area contributed by atoms with Gasteiger partial charge in [-0.15, -0.1) is 0 Å². The summed E-state index contributed by atoms with van der Waals surface area (Å²) < 4.78 is 9.97. The van der Waals surface area contributed by atoms with Crippen LogP contribution in [0.15, 0.2) is 24.3 Å². The van der Waals surface area contributed by atoms with Crippen LogP contribution in [-0.2, 0) is 14.3 Å². The molecule has 9 heteroatoms. The van der Waals surface area contributed by atoms with Crippen molar-refractivity contribution in [2.45, 2.75) is 31.9 Å². The van der Waals surface area contributed by atoms with Gasteiger partial charge < -0.3 is 20.1 Å². The summed E-state index contributed by atoms with van der Waals surface area (Å²) in [7, 11) is 1.43. The molecule has 1 saturated carbocycles. The zero-order valence-corrected chi connectivity index (χ0v) is 14.5. The summed E-state index contributed by atoms with van der Waals surface area (Å²) in [5.74, 6) is -1.70. The first-order valence-corrected chi connectivity index (χ1v) is 8.12. The molecule has 0 bridgehead atoms. The summed E-state index contributed by atoms with van der Waals surface area (Å²) in [5, 5.41) is 7.06. The maximum Gasteiger partial charge on any atom is 0.326 e. The van der Waals surface area contributed by atoms with E-state index in [0.29, 0.717) is 5.75 Å². The first-order valence-electron chi connectivity index (χ1n) is 8.12. The van der Waals surface area contributed by atoms with Crippen molar-refractivity contribution >= 4 is 23.8 Å². The number of urea groups is 1. The molecule has 9 nitrogen and oxygen atoms in total. The zero-order valence-electron chi connectivity index (χ0n) is 14.5. The maximum absolute atomic E-state index is 12.1. The molecule has 26 heavy (non-hydrogen) atoms. The molecule has 0 spiro atoms. The number of amides is 4. The average molecular weight is 363 g/mol. The summed E-state index contributed by atoms with van der Waals surface area (Å²) in [4.78, 5) is 47.1. The average Bonchev–Trinajstić information content (AvgIpc) is 3.43. The van der Waals surface area contributed by atoms with Gasteiger partial charge in [0, 0.05) is 6.04 Å². The third-order valence-corrected chi connectivity index (χ3v) is 3.57. The lowest BCUT2D eigenvalue weighted by Crippen LogP contribution is -2.46. The molecule has 1 aromatic rings. The van der Waals surface area contributed by atoms with E-state index >= 15 is 0 Å². The molecule has 0 radical (unpaired) electrons. The van der Waals surface area contributed by atoms with Crippen molar-refractivity contribution < 1.29 is 28.7 Å². The second kappa shape index (κ2) is 8.84. The third-order valence-electron chi connectivity index (χ3n) is 3.57. The van der Waals surface area contributed by atoms with E-state index in [4.69, 9.17) is 9.47 Å². The summed E-state index contributed by atoms with van der Waals surface area (Å²) in [6.07, 6.45) is 0.603. The number of benzene rings is 1. The van der Waals surface area contributed by atoms with Crippen LogP contribution < -0.4 is 20.7 Å². The van der Waals surface area contributed by atoms with Crippen molar-refractivity contribution in [3.63, 3.8) is 0 Å². The van der Waals surface area contributed by atoms with E-state index < -0.39 is 36.5 Å². The predicted molar refractivity (Wildman–Crippen MR) is 90.6 cm³/mol. The Balaban J connectivity index is 1.75. The Morgan fingerprint density at radius 2 is 1.88 bits per heavy atom. The van der Waals surface area contributed by atoms with Crippen LogP contribution in [0.5, 0.6) is 5.75 Å². The number of rotatable bonds is 7. The smallest absolute Gasteiger partial charge is 0.326 e. The molecule has 1 unspecified atom stereocenters. The van der Waals surface area contributed by atoms with E-state index in [0.717, 1.165) is 12.8 Å². The highest BCUT2D eigenvalue weighted by molar-refractivity contribution is 5.99. The topological polar surface area (TPSA) is 123 Å². The lowest BCUT2D eigenvalue weighted by molar-refractivity contribution is -0.153. The molecule has 3 N–H and O–H groups in total. The molecule has 140 valence electrons. The Bertz CT molecular complexity index is 701. The lowest BCUT2D eigenvalue weighted by atomic mass is 10.2. The van der Waals surface area contributed by atoms with Crippen LogP contribution in [0.1, 0.15) is 30.1 Å². The fraction of sp³-hybridized carbons (Fsp3) is 0.412. The molecule has 1 aliphatic carbocycles. The van der Waals surface area contributed by atoms with Gasteiger partial charge in [0.25, 0.3) is 11.8 Å². The molecule has 0 aliphatic heterocycles. The third kappa shape index (κ3) is 5.76. The van der Waals surface area contributed by atoms with Crippen LogP contribution in [0.3, 0.4) is 0 Å². The fourth-order valence-electron chi connectivity index (χ4n) is 2.03. The molecule has 0 heterocycles. The van der Waals surface area contributed by atoms with Crippen molar-refractivity contribution in [1.29, 1.82) is 0 Å². The van der Waals surface area contributed by atoms with E-state index in [2.05, 4.69) is 16.0 Å². The zero-order chi connectivity index (χ0) is 19.1. The minimum Gasteiger partial charge on any atom is -0.496 e. The van der Waals surface area contributed by atoms with Crippen molar-refractivity contribution in [3.05, 3.63) is 29.8 Å². The van der Waals surface area contributed by atoms with Crippen LogP contribution in [0, 0.1) is 0 Å². The maximum atomic E-state index is 12.1. The molecule has 1 aromatic carbocycles. The summed E-state index contributed by atoms with van der Waals surface area (Å²) in [5.41, 5.74) is 0.269. The van der Waals surface area contributed by atoms with Crippen molar-refractivity contribution in [2.75, 3.05) is 13.7 Å². The number of methoxy groups -OCH3 is 1. The Morgan fingerprint density at radius 3 is 2.54 bits per heavy atom. The molecule has 1 aliphatic rings. The molecule has 1 atom stereocenters. The van der Waals surface area contributed by atoms with Crippen LogP contribution in [0.4, 0.5) is 4.79 Å². The predicted octanol–water partition coefficient (Wildman–Crippen LogP) is 0.345. The number of hydrogen-bond acceptors (Lipinski definition) is 6. The highest BCUT2D eigenvalue weighted by Gasteiger charge is 2.26. The molecule has 1 fully saturated rings. The number of para-hydroxylation sites is 1. The quantitative estimate of drug-likeness (QED) is 0.601. The second-order valence-electron chi connectivity index (χ2n) is 5.75. The van der Waals surface area contributed by atoms with Crippen molar-refractivity contribution in [1.82, 2.24) is 16.0 Å². The van der Waals surface area contributed by atoms with Crippen LogP contribution in [0.2, 0.25) is 0 Å². The highest BCUT2D eigenvalue weighted by atomic mass is 16.5. The van der Waals surface area contributed by atoms with Gasteiger partial charge in [-0.2, -0.15) is 0 Å². The monoisotopic (exact) mass is 363 g/mol. The Labute approximate surface area is 150 Å². The second-order valence-corrected chi connectivity index (χ2v) is 5.75. The summed E-state index contributed by atoms with van der Waals surface area (Å²) in [6.45, 7) is 0.905. The van der Waals surface area contributed by atoms with Gasteiger partial charge in [0.15, 0.2) is 6.10 Å². The largest absolute Gasteiger partial charge is 0.496 e. The molecule has 4 amide bonds.